The summed E-state index contributed by atoms with van der Waals surface area (Å²) in [6, 6.07) is 7.64. The number of hydrogen-bond acceptors (Lipinski definition) is 10. The molecule has 1 amide bonds. The van der Waals surface area contributed by atoms with Gasteiger partial charge in [-0.25, -0.2) is 24.7 Å². The SMILES string of the molecule is CC1CN(c2nc(-c3cnc(OC(C)C)nc3)ccc2C(=O)NS(=O)(=O)c2cccc(N)n2)C(C)(C)C1. The number of nitrogens with zero attached hydrogens (tertiary/aromatic N) is 5. The van der Waals surface area contributed by atoms with E-state index in [-0.39, 0.29) is 34.1 Å². The zero-order chi connectivity index (χ0) is 27.0. The van der Waals surface area contributed by atoms with Crippen LogP contribution in [0.2, 0.25) is 0 Å². The molecule has 1 unspecified atom stereocenters. The van der Waals surface area contributed by atoms with E-state index in [2.05, 4.69) is 40.4 Å². The van der Waals surface area contributed by atoms with Crippen molar-refractivity contribution in [1.29, 1.82) is 0 Å². The van der Waals surface area contributed by atoms with Gasteiger partial charge in [-0.3, -0.25) is 4.79 Å². The van der Waals surface area contributed by atoms with Gasteiger partial charge in [0.2, 0.25) is 0 Å². The summed E-state index contributed by atoms with van der Waals surface area (Å²) in [6.07, 6.45) is 4.02. The lowest BCUT2D eigenvalue weighted by atomic mass is 9.97. The van der Waals surface area contributed by atoms with E-state index in [1.807, 2.05) is 18.7 Å². The minimum absolute atomic E-state index is 0.0295. The van der Waals surface area contributed by atoms with Crippen molar-refractivity contribution in [3.63, 3.8) is 0 Å². The molecule has 196 valence electrons. The average Bonchev–Trinajstić information content (AvgIpc) is 3.10. The second kappa shape index (κ2) is 9.92. The van der Waals surface area contributed by atoms with Gasteiger partial charge in [0.1, 0.15) is 11.6 Å². The molecule has 3 aromatic rings. The van der Waals surface area contributed by atoms with Crippen LogP contribution in [0.15, 0.2) is 47.8 Å². The van der Waals surface area contributed by atoms with Crippen molar-refractivity contribution < 1.29 is 17.9 Å². The second-order valence-corrected chi connectivity index (χ2v) is 11.7. The molecule has 1 aliphatic rings. The lowest BCUT2D eigenvalue weighted by molar-refractivity contribution is 0.0981. The number of nitrogen functional groups attached to an aromatic ring is 1. The largest absolute Gasteiger partial charge is 0.461 e. The summed E-state index contributed by atoms with van der Waals surface area (Å²) in [6.45, 7) is 10.7. The van der Waals surface area contributed by atoms with Crippen LogP contribution in [0.1, 0.15) is 51.4 Å². The first-order valence-corrected chi connectivity index (χ1v) is 13.4. The zero-order valence-corrected chi connectivity index (χ0v) is 22.3. The Morgan fingerprint density at radius 3 is 2.46 bits per heavy atom. The predicted molar refractivity (Wildman–Crippen MR) is 140 cm³/mol. The fraction of sp³-hybridized carbons (Fsp3) is 0.400. The van der Waals surface area contributed by atoms with E-state index < -0.39 is 15.9 Å². The van der Waals surface area contributed by atoms with Crippen molar-refractivity contribution in [3.8, 4) is 17.3 Å². The number of carbonyl (C=O) groups is 1. The molecule has 0 bridgehead atoms. The summed E-state index contributed by atoms with van der Waals surface area (Å²) in [4.78, 5) is 32.5. The van der Waals surface area contributed by atoms with Crippen LogP contribution in [-0.2, 0) is 10.0 Å². The summed E-state index contributed by atoms with van der Waals surface area (Å²) in [5.41, 5.74) is 6.62. The van der Waals surface area contributed by atoms with Gasteiger partial charge in [-0.1, -0.05) is 13.0 Å². The summed E-state index contributed by atoms with van der Waals surface area (Å²) in [7, 11) is -4.26. The first-order chi connectivity index (χ1) is 17.4. The zero-order valence-electron chi connectivity index (χ0n) is 21.5. The highest BCUT2D eigenvalue weighted by Crippen LogP contribution is 2.38. The van der Waals surface area contributed by atoms with Crippen molar-refractivity contribution in [2.45, 2.75) is 57.7 Å². The molecule has 1 saturated heterocycles. The van der Waals surface area contributed by atoms with Gasteiger partial charge in [-0.2, -0.15) is 8.42 Å². The number of aromatic nitrogens is 4. The molecule has 3 aromatic heterocycles. The highest BCUT2D eigenvalue weighted by atomic mass is 32.2. The summed E-state index contributed by atoms with van der Waals surface area (Å²) < 4.78 is 33.4. The normalized spacial score (nSPS) is 17.1. The van der Waals surface area contributed by atoms with Gasteiger partial charge in [0.15, 0.2) is 5.03 Å². The van der Waals surface area contributed by atoms with Crippen molar-refractivity contribution in [2.75, 3.05) is 17.2 Å². The molecule has 37 heavy (non-hydrogen) atoms. The number of nitrogens with one attached hydrogen (secondary N) is 1. The Morgan fingerprint density at radius 1 is 1.16 bits per heavy atom. The fourth-order valence-electron chi connectivity index (χ4n) is 4.48. The van der Waals surface area contributed by atoms with Crippen LogP contribution in [0.4, 0.5) is 11.6 Å². The van der Waals surface area contributed by atoms with Gasteiger partial charge >= 0.3 is 6.01 Å². The Morgan fingerprint density at radius 2 is 1.86 bits per heavy atom. The molecule has 1 aliphatic heterocycles. The Labute approximate surface area is 216 Å². The first-order valence-electron chi connectivity index (χ1n) is 11.9. The number of carbonyl (C=O) groups excluding carboxylic acids is 1. The van der Waals surface area contributed by atoms with E-state index in [9.17, 15) is 13.2 Å². The van der Waals surface area contributed by atoms with Gasteiger partial charge < -0.3 is 15.4 Å². The molecule has 1 atom stereocenters. The number of anilines is 2. The maximum Gasteiger partial charge on any atom is 0.316 e. The average molecular weight is 526 g/mol. The highest BCUT2D eigenvalue weighted by Gasteiger charge is 2.39. The first kappa shape index (κ1) is 26.3. The summed E-state index contributed by atoms with van der Waals surface area (Å²) >= 11 is 0. The van der Waals surface area contributed by atoms with Crippen LogP contribution >= 0.6 is 0 Å². The number of nitrogens with two attached hydrogens (primary N) is 1. The van der Waals surface area contributed by atoms with Gasteiger partial charge in [0.05, 0.1) is 17.4 Å². The third kappa shape index (κ3) is 5.79. The Hall–Kier alpha value is -3.80. The molecule has 0 aliphatic carbocycles. The van der Waals surface area contributed by atoms with Crippen LogP contribution in [0.25, 0.3) is 11.3 Å². The molecule has 3 N–H and O–H groups in total. The van der Waals surface area contributed by atoms with Crippen LogP contribution in [0.3, 0.4) is 0 Å². The van der Waals surface area contributed by atoms with E-state index in [0.29, 0.717) is 29.5 Å². The van der Waals surface area contributed by atoms with E-state index in [0.717, 1.165) is 6.42 Å². The summed E-state index contributed by atoms with van der Waals surface area (Å²) in [5, 5.41) is -0.344. The number of rotatable bonds is 7. The minimum atomic E-state index is -4.26. The van der Waals surface area contributed by atoms with Gasteiger partial charge in [-0.05, 0) is 64.3 Å². The molecule has 0 radical (unpaired) electrons. The molecule has 0 spiro atoms. The topological polar surface area (TPSA) is 153 Å². The van der Waals surface area contributed by atoms with Gasteiger partial charge in [-0.15, -0.1) is 0 Å². The highest BCUT2D eigenvalue weighted by molar-refractivity contribution is 7.90. The number of ether oxygens (including phenoxy) is 1. The minimum Gasteiger partial charge on any atom is -0.461 e. The third-order valence-corrected chi connectivity index (χ3v) is 7.19. The molecule has 12 heteroatoms. The van der Waals surface area contributed by atoms with Crippen LogP contribution in [0, 0.1) is 5.92 Å². The van der Waals surface area contributed by atoms with Crippen LogP contribution in [0.5, 0.6) is 6.01 Å². The Kier molecular flexibility index (Phi) is 7.05. The third-order valence-electron chi connectivity index (χ3n) is 5.96. The predicted octanol–water partition coefficient (Wildman–Crippen LogP) is 3.05. The number of amides is 1. The maximum atomic E-state index is 13.3. The molecular formula is C25H31N7O4S. The van der Waals surface area contributed by atoms with Crippen molar-refractivity contribution in [1.82, 2.24) is 24.7 Å². The van der Waals surface area contributed by atoms with E-state index in [1.54, 1.807) is 24.5 Å². The molecule has 0 aromatic carbocycles. The molecule has 1 fully saturated rings. The molecule has 4 heterocycles. The lowest BCUT2D eigenvalue weighted by Crippen LogP contribution is -2.41. The summed E-state index contributed by atoms with van der Waals surface area (Å²) in [5.74, 6) is -0.0533. The van der Waals surface area contributed by atoms with Crippen molar-refractivity contribution in [3.05, 3.63) is 48.3 Å². The van der Waals surface area contributed by atoms with Crippen LogP contribution in [-0.4, -0.2) is 52.4 Å². The molecule has 11 nitrogen and oxygen atoms in total. The second-order valence-electron chi connectivity index (χ2n) is 10.1. The van der Waals surface area contributed by atoms with E-state index >= 15 is 0 Å². The smallest absolute Gasteiger partial charge is 0.316 e. The number of sulfonamides is 1. The lowest BCUT2D eigenvalue weighted by Gasteiger charge is -2.34. The van der Waals surface area contributed by atoms with Crippen molar-refractivity contribution >= 4 is 27.6 Å². The quantitative estimate of drug-likeness (QED) is 0.470. The van der Waals surface area contributed by atoms with E-state index in [1.165, 1.54) is 18.2 Å². The number of hydrogen-bond donors (Lipinski definition) is 2. The molecular weight excluding hydrogens is 494 g/mol. The van der Waals surface area contributed by atoms with Crippen LogP contribution < -0.4 is 20.1 Å². The fourth-order valence-corrected chi connectivity index (χ4v) is 5.42. The Bertz CT molecular complexity index is 1410. The standard InChI is InChI=1S/C25H31N7O4S/c1-15(2)36-24-27-12-17(13-28-24)19-10-9-18(22(29-19)32-14-16(3)11-25(32,4)5)23(33)31-37(34,35)21-8-6-7-20(26)30-21/h6-10,12-13,15-16H,11,14H2,1-5H3,(H2,26,30)(H,31,33). The van der Waals surface area contributed by atoms with E-state index in [4.69, 9.17) is 15.5 Å². The van der Waals surface area contributed by atoms with Gasteiger partial charge in [0.25, 0.3) is 15.9 Å². The molecule has 4 rings (SSSR count). The molecule has 0 saturated carbocycles. The monoisotopic (exact) mass is 525 g/mol. The maximum absolute atomic E-state index is 13.3. The van der Waals surface area contributed by atoms with Gasteiger partial charge in [0, 0.05) is 30.0 Å². The Balaban J connectivity index is 1.73. The number of pyridine rings is 2. The van der Waals surface area contributed by atoms with Crippen molar-refractivity contribution in [2.24, 2.45) is 5.92 Å².